The van der Waals surface area contributed by atoms with Crippen LogP contribution in [0.5, 0.6) is 0 Å². The zero-order chi connectivity index (χ0) is 55.4. The number of rotatable bonds is 12. The van der Waals surface area contributed by atoms with Crippen molar-refractivity contribution in [2.24, 2.45) is 0 Å². The third-order valence-corrected chi connectivity index (χ3v) is 14.3. The molecule has 4 nitrogen and oxygen atoms in total. The molecule has 0 aromatic heterocycles. The van der Waals surface area contributed by atoms with Crippen LogP contribution in [-0.4, -0.2) is 20.4 Å². The number of benzene rings is 12. The van der Waals surface area contributed by atoms with Gasteiger partial charge in [-0.1, -0.05) is 364 Å². The number of hydrogen-bond donors (Lipinski definition) is 4. The van der Waals surface area contributed by atoms with Crippen molar-refractivity contribution < 1.29 is 46.3 Å². The van der Waals surface area contributed by atoms with Crippen LogP contribution in [0.15, 0.2) is 364 Å². The minimum absolute atomic E-state index is 0. The first-order valence-corrected chi connectivity index (χ1v) is 26.8. The second-order valence-corrected chi connectivity index (χ2v) is 19.2. The second-order valence-electron chi connectivity index (χ2n) is 19.2. The standard InChI is InChI=1S/4C19H16O.Hf/c4*20-19(16-10-4-1-5-11-16,17-12-6-2-7-13-17)18-14-8-3-9-15-18;/h4*1-15,20H;. The van der Waals surface area contributed by atoms with E-state index in [4.69, 9.17) is 0 Å². The van der Waals surface area contributed by atoms with Gasteiger partial charge in [-0.15, -0.1) is 0 Å². The Morgan fingerprint density at radius 3 is 0.247 bits per heavy atom. The molecule has 4 N–H and O–H groups in total. The summed E-state index contributed by atoms with van der Waals surface area (Å²) in [6.45, 7) is 0. The molecule has 12 rings (SSSR count). The Bertz CT molecular complexity index is 2760. The summed E-state index contributed by atoms with van der Waals surface area (Å²) in [5.74, 6) is 0. The summed E-state index contributed by atoms with van der Waals surface area (Å²) >= 11 is 0. The maximum Gasteiger partial charge on any atom is 0.140 e. The summed E-state index contributed by atoms with van der Waals surface area (Å²) in [5.41, 5.74) is 5.99. The second kappa shape index (κ2) is 28.5. The molecule has 12 aromatic carbocycles. The first kappa shape index (κ1) is 58.5. The molecule has 0 bridgehead atoms. The molecule has 0 aliphatic rings. The van der Waals surface area contributed by atoms with Gasteiger partial charge in [0.15, 0.2) is 0 Å². The Hall–Kier alpha value is -8.65. The molecule has 0 saturated heterocycles. The number of aliphatic hydroxyl groups is 4. The molecule has 0 saturated carbocycles. The van der Waals surface area contributed by atoms with Crippen LogP contribution in [0.1, 0.15) is 66.8 Å². The van der Waals surface area contributed by atoms with E-state index in [-0.39, 0.29) is 25.8 Å². The van der Waals surface area contributed by atoms with Gasteiger partial charge in [-0.2, -0.15) is 0 Å². The molecule has 0 radical (unpaired) electrons. The van der Waals surface area contributed by atoms with E-state index in [1.165, 1.54) is 0 Å². The normalized spacial score (nSPS) is 11.1. The summed E-state index contributed by atoms with van der Waals surface area (Å²) in [6.07, 6.45) is 0. The van der Waals surface area contributed by atoms with Gasteiger partial charge in [0.2, 0.25) is 0 Å². The zero-order valence-electron chi connectivity index (χ0n) is 44.9. The van der Waals surface area contributed by atoms with Crippen molar-refractivity contribution in [3.05, 3.63) is 431 Å². The first-order chi connectivity index (χ1) is 39.3. The van der Waals surface area contributed by atoms with Crippen molar-refractivity contribution in [3.63, 3.8) is 0 Å². The topological polar surface area (TPSA) is 80.9 Å². The fourth-order valence-electron chi connectivity index (χ4n) is 10.2. The molecule has 396 valence electrons. The third kappa shape index (κ3) is 13.5. The Morgan fingerprint density at radius 1 is 0.123 bits per heavy atom. The van der Waals surface area contributed by atoms with Crippen LogP contribution >= 0.6 is 0 Å². The molecular formula is C76H64HfO4. The van der Waals surface area contributed by atoms with Gasteiger partial charge in [-0.05, 0) is 66.8 Å². The minimum Gasteiger partial charge on any atom is -0.376 e. The van der Waals surface area contributed by atoms with Gasteiger partial charge in [-0.3, -0.25) is 0 Å². The van der Waals surface area contributed by atoms with E-state index in [9.17, 15) is 20.4 Å². The molecular weight excluding hydrogens is 1160 g/mol. The maximum atomic E-state index is 11.4. The van der Waals surface area contributed by atoms with E-state index in [2.05, 4.69) is 0 Å². The molecule has 0 unspecified atom stereocenters. The summed E-state index contributed by atoms with van der Waals surface area (Å²) in [6, 6.07) is 117. The average Bonchev–Trinajstić information content (AvgIpc) is 3.63. The monoisotopic (exact) mass is 1220 g/mol. The Kier molecular flexibility index (Phi) is 20.6. The van der Waals surface area contributed by atoms with Gasteiger partial charge in [0.05, 0.1) is 0 Å². The van der Waals surface area contributed by atoms with Gasteiger partial charge >= 0.3 is 0 Å². The Labute approximate surface area is 496 Å². The van der Waals surface area contributed by atoms with E-state index in [0.717, 1.165) is 66.8 Å². The van der Waals surface area contributed by atoms with Gasteiger partial charge in [0, 0.05) is 25.8 Å². The van der Waals surface area contributed by atoms with Gasteiger partial charge in [0.25, 0.3) is 0 Å². The van der Waals surface area contributed by atoms with E-state index in [1.807, 2.05) is 364 Å². The molecule has 81 heavy (non-hydrogen) atoms. The molecule has 0 fully saturated rings. The van der Waals surface area contributed by atoms with Gasteiger partial charge in [0.1, 0.15) is 22.4 Å². The SMILES string of the molecule is OC(c1ccccc1)(c1ccccc1)c1ccccc1.OC(c1ccccc1)(c1ccccc1)c1ccccc1.OC(c1ccccc1)(c1ccccc1)c1ccccc1.OC(c1ccccc1)(c1ccccc1)c1ccccc1.[Hf]. The van der Waals surface area contributed by atoms with Gasteiger partial charge in [-0.25, -0.2) is 0 Å². The molecule has 0 atom stereocenters. The minimum atomic E-state index is -1.12. The predicted octanol–water partition coefficient (Wildman–Crippen LogP) is 15.9. The van der Waals surface area contributed by atoms with Crippen LogP contribution < -0.4 is 0 Å². The quantitative estimate of drug-likeness (QED) is 0.0726. The molecule has 0 aliphatic carbocycles. The molecule has 0 aliphatic heterocycles. The van der Waals surface area contributed by atoms with Crippen molar-refractivity contribution in [2.45, 2.75) is 22.4 Å². The van der Waals surface area contributed by atoms with Crippen LogP contribution in [0.2, 0.25) is 0 Å². The van der Waals surface area contributed by atoms with Crippen molar-refractivity contribution in [3.8, 4) is 0 Å². The van der Waals surface area contributed by atoms with Crippen LogP contribution in [0.3, 0.4) is 0 Å². The van der Waals surface area contributed by atoms with E-state index in [1.54, 1.807) is 0 Å². The fourth-order valence-corrected chi connectivity index (χ4v) is 10.2. The van der Waals surface area contributed by atoms with E-state index >= 15 is 0 Å². The smallest absolute Gasteiger partial charge is 0.140 e. The summed E-state index contributed by atoms with van der Waals surface area (Å²) in [5, 5.41) is 45.7. The summed E-state index contributed by atoms with van der Waals surface area (Å²) in [4.78, 5) is 0. The molecule has 0 amide bonds. The van der Waals surface area contributed by atoms with Crippen LogP contribution in [0.4, 0.5) is 0 Å². The van der Waals surface area contributed by atoms with Crippen molar-refractivity contribution in [2.75, 3.05) is 0 Å². The molecule has 0 heterocycles. The summed E-state index contributed by atoms with van der Waals surface area (Å²) in [7, 11) is 0. The molecule has 0 spiro atoms. The van der Waals surface area contributed by atoms with Crippen LogP contribution in [0, 0.1) is 0 Å². The summed E-state index contributed by atoms with van der Waals surface area (Å²) < 4.78 is 0. The van der Waals surface area contributed by atoms with Crippen molar-refractivity contribution >= 4 is 0 Å². The first-order valence-electron chi connectivity index (χ1n) is 26.8. The van der Waals surface area contributed by atoms with E-state index in [0.29, 0.717) is 0 Å². The van der Waals surface area contributed by atoms with Gasteiger partial charge < -0.3 is 20.4 Å². The largest absolute Gasteiger partial charge is 0.376 e. The number of hydrogen-bond acceptors (Lipinski definition) is 4. The molecule has 5 heteroatoms. The third-order valence-electron chi connectivity index (χ3n) is 14.3. The van der Waals surface area contributed by atoms with Crippen LogP contribution in [0.25, 0.3) is 0 Å². The fraction of sp³-hybridized carbons (Fsp3) is 0.0526. The predicted molar refractivity (Wildman–Crippen MR) is 326 cm³/mol. The van der Waals surface area contributed by atoms with Crippen molar-refractivity contribution in [1.82, 2.24) is 0 Å². The Morgan fingerprint density at radius 2 is 0.185 bits per heavy atom. The maximum absolute atomic E-state index is 11.4. The van der Waals surface area contributed by atoms with Crippen LogP contribution in [-0.2, 0) is 48.2 Å². The van der Waals surface area contributed by atoms with Crippen molar-refractivity contribution in [1.29, 1.82) is 0 Å². The Balaban J connectivity index is 0.000000141. The molecule has 12 aromatic rings. The van der Waals surface area contributed by atoms with E-state index < -0.39 is 22.4 Å². The average molecular weight is 1220 g/mol. The zero-order valence-corrected chi connectivity index (χ0v) is 48.5.